The van der Waals surface area contributed by atoms with Crippen LogP contribution in [0.1, 0.15) is 23.2 Å². The number of amides is 1. The van der Waals surface area contributed by atoms with Gasteiger partial charge in [-0.15, -0.1) is 0 Å². The third-order valence-electron chi connectivity index (χ3n) is 3.99. The summed E-state index contributed by atoms with van der Waals surface area (Å²) in [7, 11) is 0. The molecule has 2 heterocycles. The predicted molar refractivity (Wildman–Crippen MR) is 79.9 cm³/mol. The summed E-state index contributed by atoms with van der Waals surface area (Å²) in [5, 5.41) is 9.17. The summed E-state index contributed by atoms with van der Waals surface area (Å²) in [6.07, 6.45) is 1.26. The topological polar surface area (TPSA) is 85.3 Å². The van der Waals surface area contributed by atoms with E-state index >= 15 is 0 Å². The van der Waals surface area contributed by atoms with Gasteiger partial charge in [0.05, 0.1) is 5.56 Å². The van der Waals surface area contributed by atoms with Crippen molar-refractivity contribution in [1.82, 2.24) is 4.90 Å². The van der Waals surface area contributed by atoms with Crippen LogP contribution in [0.4, 0.5) is 0 Å². The number of fused-ring (bicyclic) bond motifs is 1. The molecule has 0 bridgehead atoms. The SMILES string of the molecule is O=C(O)CN(C(=O)c1cccc2c1OCCO2)C1CCOCC1. The minimum absolute atomic E-state index is 0.146. The average molecular weight is 321 g/mol. The number of rotatable bonds is 4. The molecule has 1 aromatic rings. The fraction of sp³-hybridized carbons (Fsp3) is 0.500. The average Bonchev–Trinajstić information content (AvgIpc) is 2.59. The highest BCUT2D eigenvalue weighted by molar-refractivity contribution is 5.99. The van der Waals surface area contributed by atoms with Crippen molar-refractivity contribution >= 4 is 11.9 Å². The lowest BCUT2D eigenvalue weighted by molar-refractivity contribution is -0.138. The lowest BCUT2D eigenvalue weighted by atomic mass is 10.0. The molecule has 124 valence electrons. The second kappa shape index (κ2) is 6.87. The van der Waals surface area contributed by atoms with E-state index < -0.39 is 5.97 Å². The van der Waals surface area contributed by atoms with Gasteiger partial charge < -0.3 is 24.2 Å². The Labute approximate surface area is 133 Å². The monoisotopic (exact) mass is 321 g/mol. The number of carbonyl (C=O) groups excluding carboxylic acids is 1. The number of hydrogen-bond acceptors (Lipinski definition) is 5. The molecule has 0 aromatic heterocycles. The maximum absolute atomic E-state index is 12.9. The molecule has 2 aliphatic rings. The van der Waals surface area contributed by atoms with Crippen LogP contribution in [0.2, 0.25) is 0 Å². The van der Waals surface area contributed by atoms with Crippen LogP contribution in [-0.2, 0) is 9.53 Å². The highest BCUT2D eigenvalue weighted by Crippen LogP contribution is 2.34. The van der Waals surface area contributed by atoms with E-state index in [1.807, 2.05) is 0 Å². The molecule has 0 unspecified atom stereocenters. The standard InChI is InChI=1S/C16H19NO6/c18-14(19)10-17(11-4-6-21-7-5-11)16(20)12-2-1-3-13-15(12)23-9-8-22-13/h1-3,11H,4-10H2,(H,18,19). The summed E-state index contributed by atoms with van der Waals surface area (Å²) >= 11 is 0. The highest BCUT2D eigenvalue weighted by Gasteiger charge is 2.31. The Hall–Kier alpha value is -2.28. The molecule has 0 atom stereocenters. The van der Waals surface area contributed by atoms with Gasteiger partial charge in [-0.1, -0.05) is 6.07 Å². The van der Waals surface area contributed by atoms with Crippen LogP contribution >= 0.6 is 0 Å². The van der Waals surface area contributed by atoms with Gasteiger partial charge in [0.25, 0.3) is 5.91 Å². The van der Waals surface area contributed by atoms with Crippen molar-refractivity contribution in [3.8, 4) is 11.5 Å². The number of benzene rings is 1. The van der Waals surface area contributed by atoms with Gasteiger partial charge in [-0.3, -0.25) is 9.59 Å². The molecule has 7 heteroatoms. The lowest BCUT2D eigenvalue weighted by Crippen LogP contribution is -2.46. The van der Waals surface area contributed by atoms with Crippen molar-refractivity contribution in [2.75, 3.05) is 33.0 Å². The van der Waals surface area contributed by atoms with Gasteiger partial charge in [0.2, 0.25) is 0 Å². The Bertz CT molecular complexity index is 596. The zero-order valence-electron chi connectivity index (χ0n) is 12.7. The summed E-state index contributed by atoms with van der Waals surface area (Å²) in [5.41, 5.74) is 0.343. The van der Waals surface area contributed by atoms with Crippen LogP contribution in [0, 0.1) is 0 Å². The van der Waals surface area contributed by atoms with Crippen molar-refractivity contribution in [3.63, 3.8) is 0 Å². The van der Waals surface area contributed by atoms with E-state index in [0.29, 0.717) is 56.3 Å². The van der Waals surface area contributed by atoms with Crippen molar-refractivity contribution in [2.45, 2.75) is 18.9 Å². The molecule has 0 spiro atoms. The van der Waals surface area contributed by atoms with Gasteiger partial charge in [-0.05, 0) is 25.0 Å². The number of hydrogen-bond donors (Lipinski definition) is 1. The van der Waals surface area contributed by atoms with Crippen LogP contribution in [0.3, 0.4) is 0 Å². The first kappa shape index (κ1) is 15.6. The van der Waals surface area contributed by atoms with Crippen molar-refractivity contribution < 1.29 is 28.9 Å². The second-order valence-corrected chi connectivity index (χ2v) is 5.50. The van der Waals surface area contributed by atoms with E-state index in [9.17, 15) is 9.59 Å². The molecule has 1 aromatic carbocycles. The molecule has 2 aliphatic heterocycles. The summed E-state index contributed by atoms with van der Waals surface area (Å²) < 4.78 is 16.4. The number of carbonyl (C=O) groups is 2. The first-order valence-corrected chi connectivity index (χ1v) is 7.66. The molecule has 1 N–H and O–H groups in total. The largest absolute Gasteiger partial charge is 0.486 e. The first-order chi connectivity index (χ1) is 11.2. The van der Waals surface area contributed by atoms with E-state index in [1.165, 1.54) is 4.90 Å². The van der Waals surface area contributed by atoms with Gasteiger partial charge in [0, 0.05) is 19.3 Å². The van der Waals surface area contributed by atoms with Crippen molar-refractivity contribution in [1.29, 1.82) is 0 Å². The summed E-state index contributed by atoms with van der Waals surface area (Å²) in [4.78, 5) is 25.5. The molecule has 1 fully saturated rings. The van der Waals surface area contributed by atoms with Gasteiger partial charge in [0.1, 0.15) is 19.8 Å². The normalized spacial score (nSPS) is 17.6. The predicted octanol–water partition coefficient (Wildman–Crippen LogP) is 1.16. The van der Waals surface area contributed by atoms with Gasteiger partial charge in [-0.2, -0.15) is 0 Å². The Balaban J connectivity index is 1.89. The maximum Gasteiger partial charge on any atom is 0.323 e. The number of nitrogens with zero attached hydrogens (tertiary/aromatic N) is 1. The Morgan fingerprint density at radius 3 is 2.61 bits per heavy atom. The number of aliphatic carboxylic acids is 1. The van der Waals surface area contributed by atoms with Crippen LogP contribution in [0.25, 0.3) is 0 Å². The van der Waals surface area contributed by atoms with E-state index in [-0.39, 0.29) is 18.5 Å². The first-order valence-electron chi connectivity index (χ1n) is 7.66. The molecule has 0 saturated carbocycles. The zero-order valence-corrected chi connectivity index (χ0v) is 12.7. The molecule has 1 amide bonds. The minimum atomic E-state index is -1.04. The lowest BCUT2D eigenvalue weighted by Gasteiger charge is -2.34. The van der Waals surface area contributed by atoms with Crippen molar-refractivity contribution in [2.24, 2.45) is 0 Å². The molecule has 1 saturated heterocycles. The van der Waals surface area contributed by atoms with E-state index in [1.54, 1.807) is 18.2 Å². The number of carboxylic acid groups (broad SMARTS) is 1. The number of para-hydroxylation sites is 1. The molecular formula is C16H19NO6. The fourth-order valence-electron chi connectivity index (χ4n) is 2.91. The van der Waals surface area contributed by atoms with Gasteiger partial charge in [-0.25, -0.2) is 0 Å². The Kier molecular flexibility index (Phi) is 4.66. The van der Waals surface area contributed by atoms with E-state index in [2.05, 4.69) is 0 Å². The summed E-state index contributed by atoms with van der Waals surface area (Å²) in [6, 6.07) is 4.95. The van der Waals surface area contributed by atoms with Crippen LogP contribution < -0.4 is 9.47 Å². The fourth-order valence-corrected chi connectivity index (χ4v) is 2.91. The summed E-state index contributed by atoms with van der Waals surface area (Å²) in [6.45, 7) is 1.52. The molecule has 3 rings (SSSR count). The van der Waals surface area contributed by atoms with E-state index in [4.69, 9.17) is 19.3 Å². The molecular weight excluding hydrogens is 302 g/mol. The van der Waals surface area contributed by atoms with Gasteiger partial charge in [0.15, 0.2) is 11.5 Å². The van der Waals surface area contributed by atoms with Crippen LogP contribution in [-0.4, -0.2) is 60.9 Å². The number of carboxylic acids is 1. The maximum atomic E-state index is 12.9. The Morgan fingerprint density at radius 1 is 1.13 bits per heavy atom. The number of ether oxygens (including phenoxy) is 3. The molecule has 0 aliphatic carbocycles. The molecule has 23 heavy (non-hydrogen) atoms. The van der Waals surface area contributed by atoms with Crippen LogP contribution in [0.5, 0.6) is 11.5 Å². The molecule has 7 nitrogen and oxygen atoms in total. The van der Waals surface area contributed by atoms with Gasteiger partial charge >= 0.3 is 5.97 Å². The Morgan fingerprint density at radius 2 is 1.87 bits per heavy atom. The van der Waals surface area contributed by atoms with E-state index in [0.717, 1.165) is 0 Å². The third-order valence-corrected chi connectivity index (χ3v) is 3.99. The summed E-state index contributed by atoms with van der Waals surface area (Å²) in [5.74, 6) is -0.469. The zero-order chi connectivity index (χ0) is 16.2. The van der Waals surface area contributed by atoms with Crippen molar-refractivity contribution in [3.05, 3.63) is 23.8 Å². The second-order valence-electron chi connectivity index (χ2n) is 5.50. The molecule has 0 radical (unpaired) electrons. The third kappa shape index (κ3) is 3.39. The smallest absolute Gasteiger partial charge is 0.323 e. The minimum Gasteiger partial charge on any atom is -0.486 e. The quantitative estimate of drug-likeness (QED) is 0.896. The van der Waals surface area contributed by atoms with Crippen LogP contribution in [0.15, 0.2) is 18.2 Å². The highest BCUT2D eigenvalue weighted by atomic mass is 16.6.